The Labute approximate surface area is 186 Å². The molecule has 0 aliphatic heterocycles. The van der Waals surface area contributed by atoms with Gasteiger partial charge in [0.2, 0.25) is 0 Å². The van der Waals surface area contributed by atoms with E-state index in [9.17, 15) is 14.7 Å². The van der Waals surface area contributed by atoms with E-state index in [1.165, 1.54) is 0 Å². The van der Waals surface area contributed by atoms with Gasteiger partial charge in [-0.25, -0.2) is 4.79 Å². The summed E-state index contributed by atoms with van der Waals surface area (Å²) in [6.45, 7) is 0.148. The van der Waals surface area contributed by atoms with E-state index in [2.05, 4.69) is 17.4 Å². The molecule has 4 rings (SSSR count). The number of amides is 1. The van der Waals surface area contributed by atoms with Gasteiger partial charge in [0.15, 0.2) is 0 Å². The first-order valence-corrected chi connectivity index (χ1v) is 10.4. The van der Waals surface area contributed by atoms with E-state index in [-0.39, 0.29) is 25.4 Å². The average Bonchev–Trinajstić information content (AvgIpc) is 3.11. The summed E-state index contributed by atoms with van der Waals surface area (Å²) in [7, 11) is 0. The van der Waals surface area contributed by atoms with E-state index < -0.39 is 18.1 Å². The monoisotopic (exact) mass is 425 g/mol. The minimum Gasteiger partial charge on any atom is -0.550 e. The molecule has 3 aromatic carbocycles. The van der Waals surface area contributed by atoms with Crippen molar-refractivity contribution in [2.75, 3.05) is 6.61 Å². The molecule has 0 saturated heterocycles. The molecule has 1 amide bonds. The molecule has 0 fully saturated rings. The van der Waals surface area contributed by atoms with E-state index in [4.69, 9.17) is 10.00 Å². The minimum absolute atomic E-state index is 0.0775. The van der Waals surface area contributed by atoms with Gasteiger partial charge in [-0.3, -0.25) is 0 Å². The number of benzene rings is 3. The Hall–Kier alpha value is -4.11. The van der Waals surface area contributed by atoms with Crippen LogP contribution in [0.3, 0.4) is 0 Å². The molecule has 1 atom stereocenters. The summed E-state index contributed by atoms with van der Waals surface area (Å²) in [6, 6.07) is 24.2. The van der Waals surface area contributed by atoms with Crippen LogP contribution in [-0.2, 0) is 16.0 Å². The number of nitrogens with one attached hydrogen (secondary N) is 1. The van der Waals surface area contributed by atoms with Crippen molar-refractivity contribution in [2.24, 2.45) is 0 Å². The number of carboxylic acid groups (broad SMARTS) is 1. The van der Waals surface area contributed by atoms with Crippen molar-refractivity contribution in [1.82, 2.24) is 5.32 Å². The third kappa shape index (κ3) is 4.62. The number of carbonyl (C=O) groups is 2. The molecule has 160 valence electrons. The topological polar surface area (TPSA) is 102 Å². The fourth-order valence-electron chi connectivity index (χ4n) is 4.18. The van der Waals surface area contributed by atoms with Crippen LogP contribution in [0.15, 0.2) is 72.8 Å². The first-order chi connectivity index (χ1) is 15.5. The molecule has 1 aliphatic carbocycles. The number of alkyl carbamates (subject to hydrolysis) is 1. The van der Waals surface area contributed by atoms with Crippen molar-refractivity contribution < 1.29 is 19.4 Å². The van der Waals surface area contributed by atoms with Crippen molar-refractivity contribution in [2.45, 2.75) is 24.8 Å². The Morgan fingerprint density at radius 2 is 1.56 bits per heavy atom. The maximum absolute atomic E-state index is 12.5. The van der Waals surface area contributed by atoms with Crippen LogP contribution in [0.1, 0.15) is 34.6 Å². The Bertz CT molecular complexity index is 1140. The summed E-state index contributed by atoms with van der Waals surface area (Å²) >= 11 is 0. The van der Waals surface area contributed by atoms with Gasteiger partial charge in [0.1, 0.15) is 6.61 Å². The lowest BCUT2D eigenvalue weighted by atomic mass is 9.98. The number of nitrogens with zero attached hydrogens (tertiary/aromatic N) is 1. The minimum atomic E-state index is -1.26. The lowest BCUT2D eigenvalue weighted by Crippen LogP contribution is -2.41. The molecule has 1 aliphatic rings. The second kappa shape index (κ2) is 9.36. The first-order valence-electron chi connectivity index (χ1n) is 10.4. The third-order valence-electron chi connectivity index (χ3n) is 5.64. The number of carboxylic acids is 1. The van der Waals surface area contributed by atoms with Gasteiger partial charge in [-0.2, -0.15) is 5.26 Å². The maximum atomic E-state index is 12.5. The number of hydrogen-bond acceptors (Lipinski definition) is 5. The van der Waals surface area contributed by atoms with Crippen molar-refractivity contribution >= 4 is 12.1 Å². The van der Waals surface area contributed by atoms with E-state index in [0.717, 1.165) is 27.8 Å². The predicted octanol–water partition coefficient (Wildman–Crippen LogP) is 3.15. The number of fused-ring (bicyclic) bond motifs is 3. The number of ether oxygens (including phenoxy) is 1. The Morgan fingerprint density at radius 3 is 2.12 bits per heavy atom. The zero-order valence-electron chi connectivity index (χ0n) is 17.3. The van der Waals surface area contributed by atoms with Crippen molar-refractivity contribution in [3.8, 4) is 17.2 Å². The highest BCUT2D eigenvalue weighted by molar-refractivity contribution is 5.79. The van der Waals surface area contributed by atoms with E-state index in [1.54, 1.807) is 24.3 Å². The fourth-order valence-corrected chi connectivity index (χ4v) is 4.18. The molecule has 6 heteroatoms. The van der Waals surface area contributed by atoms with Crippen LogP contribution in [0.5, 0.6) is 0 Å². The van der Waals surface area contributed by atoms with Gasteiger partial charge in [-0.15, -0.1) is 0 Å². The van der Waals surface area contributed by atoms with Crippen molar-refractivity contribution in [3.63, 3.8) is 0 Å². The highest BCUT2D eigenvalue weighted by Gasteiger charge is 2.29. The van der Waals surface area contributed by atoms with Gasteiger partial charge in [0.25, 0.3) is 0 Å². The van der Waals surface area contributed by atoms with Crippen LogP contribution in [0, 0.1) is 11.3 Å². The summed E-state index contributed by atoms with van der Waals surface area (Å²) in [5, 5.41) is 22.7. The highest BCUT2D eigenvalue weighted by atomic mass is 16.5. The van der Waals surface area contributed by atoms with E-state index in [1.807, 2.05) is 42.5 Å². The Balaban J connectivity index is 1.42. The predicted molar refractivity (Wildman–Crippen MR) is 116 cm³/mol. The molecular formula is C26H21N2O4-. The third-order valence-corrected chi connectivity index (χ3v) is 5.64. The highest BCUT2D eigenvalue weighted by Crippen LogP contribution is 2.44. The molecule has 0 heterocycles. The molecule has 0 unspecified atom stereocenters. The molecule has 0 bridgehead atoms. The number of aliphatic carboxylic acids is 1. The molecule has 1 N–H and O–H groups in total. The molecule has 3 aromatic rings. The van der Waals surface area contributed by atoms with Gasteiger partial charge in [-0.05, 0) is 46.4 Å². The quantitative estimate of drug-likeness (QED) is 0.627. The van der Waals surface area contributed by atoms with Gasteiger partial charge in [0, 0.05) is 24.3 Å². The molecule has 6 nitrogen and oxygen atoms in total. The summed E-state index contributed by atoms with van der Waals surface area (Å²) in [5.74, 6) is -1.34. The second-order valence-corrected chi connectivity index (χ2v) is 7.76. The van der Waals surface area contributed by atoms with Crippen LogP contribution in [0.4, 0.5) is 4.79 Å². The summed E-state index contributed by atoms with van der Waals surface area (Å²) in [5.41, 5.74) is 5.78. The molecule has 0 aromatic heterocycles. The van der Waals surface area contributed by atoms with Gasteiger partial charge in [-0.1, -0.05) is 60.7 Å². The lowest BCUT2D eigenvalue weighted by molar-refractivity contribution is -0.306. The number of carbonyl (C=O) groups excluding carboxylic acids is 2. The molecule has 0 spiro atoms. The smallest absolute Gasteiger partial charge is 0.407 e. The van der Waals surface area contributed by atoms with E-state index in [0.29, 0.717) is 5.56 Å². The number of hydrogen-bond donors (Lipinski definition) is 1. The van der Waals surface area contributed by atoms with Crippen molar-refractivity contribution in [1.29, 1.82) is 5.26 Å². The molecular weight excluding hydrogens is 404 g/mol. The maximum Gasteiger partial charge on any atom is 0.407 e. The van der Waals surface area contributed by atoms with Crippen molar-refractivity contribution in [3.05, 3.63) is 95.1 Å². The normalized spacial score (nSPS) is 12.8. The second-order valence-electron chi connectivity index (χ2n) is 7.76. The van der Waals surface area contributed by atoms with E-state index >= 15 is 0 Å². The Morgan fingerprint density at radius 1 is 0.969 bits per heavy atom. The largest absolute Gasteiger partial charge is 0.550 e. The van der Waals surface area contributed by atoms with Crippen LogP contribution < -0.4 is 10.4 Å². The molecule has 0 saturated carbocycles. The van der Waals surface area contributed by atoms with Gasteiger partial charge >= 0.3 is 6.09 Å². The van der Waals surface area contributed by atoms with Gasteiger partial charge in [0.05, 0.1) is 11.6 Å². The van der Waals surface area contributed by atoms with Crippen LogP contribution in [0.2, 0.25) is 0 Å². The summed E-state index contributed by atoms with van der Waals surface area (Å²) in [6.07, 6.45) is -0.736. The average molecular weight is 425 g/mol. The zero-order chi connectivity index (χ0) is 22.5. The SMILES string of the molecule is N#Cc1ccc(C[C@@H](CC(=O)[O-])NC(=O)OCC2c3ccccc3-c3ccccc32)cc1. The number of rotatable bonds is 7. The Kier molecular flexibility index (Phi) is 6.18. The van der Waals surface area contributed by atoms with Crippen LogP contribution in [-0.4, -0.2) is 24.7 Å². The first kappa shape index (κ1) is 21.1. The van der Waals surface area contributed by atoms with Crippen LogP contribution >= 0.6 is 0 Å². The lowest BCUT2D eigenvalue weighted by Gasteiger charge is -2.20. The molecule has 32 heavy (non-hydrogen) atoms. The van der Waals surface area contributed by atoms with Crippen LogP contribution in [0.25, 0.3) is 11.1 Å². The zero-order valence-corrected chi connectivity index (χ0v) is 17.3. The summed E-state index contributed by atoms with van der Waals surface area (Å²) in [4.78, 5) is 23.7. The van der Waals surface area contributed by atoms with Gasteiger partial charge < -0.3 is 20.0 Å². The number of nitriles is 1. The standard InChI is InChI=1S/C26H22N2O4/c27-15-18-11-9-17(10-12-18)13-19(14-25(29)30)28-26(31)32-16-24-22-7-3-1-5-20(22)21-6-2-4-8-23(21)24/h1-12,19,24H,13-14,16H2,(H,28,31)(H,29,30)/p-1/t19-/m0/s1. The fraction of sp³-hybridized carbons (Fsp3) is 0.192. The summed E-state index contributed by atoms with van der Waals surface area (Å²) < 4.78 is 5.52. The molecule has 0 radical (unpaired) electrons.